The molecule has 1 aliphatic heterocycles. The van der Waals surface area contributed by atoms with Gasteiger partial charge in [0, 0.05) is 50.4 Å². The third-order valence-electron chi connectivity index (χ3n) is 4.79. The van der Waals surface area contributed by atoms with Gasteiger partial charge in [0.2, 0.25) is 5.91 Å². The number of fused-ring (bicyclic) bond motifs is 1. The quantitative estimate of drug-likeness (QED) is 0.249. The third kappa shape index (κ3) is 5.70. The number of carbonyl (C=O) groups excluding carboxylic acids is 1. The first-order chi connectivity index (χ1) is 13.1. The standard InChI is InChI=1S/C20H28N6O.HI/c1-14-11-15(2)26(25-14)10-6-9-22-20(21-3)23-13-16-12-19(27)24-18-8-5-4-7-17(16)18;/h4-5,7-8,11,16H,6,9-10,12-13H2,1-3H3,(H,24,27)(H2,21,22,23);1H. The largest absolute Gasteiger partial charge is 0.356 e. The van der Waals surface area contributed by atoms with E-state index in [2.05, 4.69) is 45.1 Å². The van der Waals surface area contributed by atoms with Gasteiger partial charge in [-0.1, -0.05) is 18.2 Å². The van der Waals surface area contributed by atoms with Crippen LogP contribution in [-0.2, 0) is 11.3 Å². The van der Waals surface area contributed by atoms with Crippen LogP contribution in [0.3, 0.4) is 0 Å². The van der Waals surface area contributed by atoms with Crippen LogP contribution in [0.5, 0.6) is 0 Å². The van der Waals surface area contributed by atoms with E-state index in [9.17, 15) is 4.79 Å². The number of hydrogen-bond acceptors (Lipinski definition) is 3. The molecule has 2 heterocycles. The SMILES string of the molecule is CN=C(NCCCn1nc(C)cc1C)NCC1CC(=O)Nc2ccccc21.I. The van der Waals surface area contributed by atoms with Crippen molar-refractivity contribution in [1.29, 1.82) is 0 Å². The number of aryl methyl sites for hydroxylation is 3. The molecule has 1 amide bonds. The van der Waals surface area contributed by atoms with Crippen LogP contribution in [0, 0.1) is 13.8 Å². The summed E-state index contributed by atoms with van der Waals surface area (Å²) >= 11 is 0. The first-order valence-corrected chi connectivity index (χ1v) is 9.41. The summed E-state index contributed by atoms with van der Waals surface area (Å²) in [6.45, 7) is 6.43. The maximum atomic E-state index is 11.9. The van der Waals surface area contributed by atoms with Gasteiger partial charge in [-0.25, -0.2) is 0 Å². The summed E-state index contributed by atoms with van der Waals surface area (Å²) in [5.74, 6) is 0.961. The second-order valence-electron chi connectivity index (χ2n) is 6.92. The van der Waals surface area contributed by atoms with Crippen molar-refractivity contribution < 1.29 is 4.79 Å². The lowest BCUT2D eigenvalue weighted by Crippen LogP contribution is -2.41. The normalized spacial score (nSPS) is 16.0. The number of hydrogen-bond donors (Lipinski definition) is 3. The van der Waals surface area contributed by atoms with E-state index in [1.165, 1.54) is 11.3 Å². The zero-order valence-electron chi connectivity index (χ0n) is 16.7. The summed E-state index contributed by atoms with van der Waals surface area (Å²) in [5, 5.41) is 14.1. The van der Waals surface area contributed by atoms with E-state index >= 15 is 0 Å². The van der Waals surface area contributed by atoms with Gasteiger partial charge in [0.05, 0.1) is 5.69 Å². The average Bonchev–Trinajstić information content (AvgIpc) is 2.98. The Balaban J connectivity index is 0.00000280. The molecule has 28 heavy (non-hydrogen) atoms. The smallest absolute Gasteiger partial charge is 0.225 e. The van der Waals surface area contributed by atoms with Crippen molar-refractivity contribution in [2.45, 2.75) is 39.2 Å². The summed E-state index contributed by atoms with van der Waals surface area (Å²) in [5.41, 5.74) is 4.32. The number of halogens is 1. The second kappa shape index (κ2) is 10.4. The number of amides is 1. The van der Waals surface area contributed by atoms with E-state index in [1.807, 2.05) is 29.8 Å². The highest BCUT2D eigenvalue weighted by Gasteiger charge is 2.24. The van der Waals surface area contributed by atoms with Crippen molar-refractivity contribution >= 4 is 41.5 Å². The predicted molar refractivity (Wildman–Crippen MR) is 124 cm³/mol. The molecule has 0 fully saturated rings. The monoisotopic (exact) mass is 496 g/mol. The summed E-state index contributed by atoms with van der Waals surface area (Å²) in [4.78, 5) is 16.2. The molecule has 152 valence electrons. The Labute approximate surface area is 183 Å². The predicted octanol–water partition coefficient (Wildman–Crippen LogP) is 2.80. The molecular formula is C20H29IN6O. The third-order valence-corrected chi connectivity index (χ3v) is 4.79. The molecule has 0 aliphatic carbocycles. The van der Waals surface area contributed by atoms with E-state index in [4.69, 9.17) is 0 Å². The van der Waals surface area contributed by atoms with Gasteiger partial charge in [0.25, 0.3) is 0 Å². The van der Waals surface area contributed by atoms with Crippen molar-refractivity contribution in [2.75, 3.05) is 25.5 Å². The van der Waals surface area contributed by atoms with Crippen molar-refractivity contribution in [2.24, 2.45) is 4.99 Å². The second-order valence-corrected chi connectivity index (χ2v) is 6.92. The molecule has 7 nitrogen and oxygen atoms in total. The van der Waals surface area contributed by atoms with Crippen molar-refractivity contribution in [3.63, 3.8) is 0 Å². The fourth-order valence-electron chi connectivity index (χ4n) is 3.46. The van der Waals surface area contributed by atoms with Crippen LogP contribution in [0.15, 0.2) is 35.3 Å². The Morgan fingerprint density at radius 2 is 2.11 bits per heavy atom. The number of carbonyl (C=O) groups is 1. The zero-order chi connectivity index (χ0) is 19.2. The number of nitrogens with zero attached hydrogens (tertiary/aromatic N) is 3. The van der Waals surface area contributed by atoms with Gasteiger partial charge in [-0.3, -0.25) is 14.5 Å². The highest BCUT2D eigenvalue weighted by atomic mass is 127. The van der Waals surface area contributed by atoms with Crippen LogP contribution in [0.2, 0.25) is 0 Å². The number of aliphatic imine (C=N–C) groups is 1. The molecule has 3 rings (SSSR count). The molecule has 0 saturated heterocycles. The molecule has 1 aliphatic rings. The van der Waals surface area contributed by atoms with Gasteiger partial charge >= 0.3 is 0 Å². The van der Waals surface area contributed by atoms with E-state index in [1.54, 1.807) is 7.05 Å². The average molecular weight is 496 g/mol. The summed E-state index contributed by atoms with van der Waals surface area (Å²) in [6, 6.07) is 10.1. The van der Waals surface area contributed by atoms with Gasteiger partial charge in [-0.15, -0.1) is 24.0 Å². The maximum Gasteiger partial charge on any atom is 0.225 e. The first-order valence-electron chi connectivity index (χ1n) is 9.41. The number of rotatable bonds is 6. The zero-order valence-corrected chi connectivity index (χ0v) is 19.0. The van der Waals surface area contributed by atoms with Crippen LogP contribution in [-0.4, -0.2) is 41.8 Å². The van der Waals surface area contributed by atoms with Gasteiger partial charge in [-0.05, 0) is 38.0 Å². The molecule has 0 radical (unpaired) electrons. The molecular weight excluding hydrogens is 467 g/mol. The number of guanidine groups is 1. The lowest BCUT2D eigenvalue weighted by molar-refractivity contribution is -0.116. The Bertz CT molecular complexity index is 832. The molecule has 2 aromatic rings. The Morgan fingerprint density at radius 3 is 2.82 bits per heavy atom. The minimum atomic E-state index is 0. The number of anilines is 1. The van der Waals surface area contributed by atoms with E-state index in [-0.39, 0.29) is 35.8 Å². The van der Waals surface area contributed by atoms with Crippen molar-refractivity contribution in [3.8, 4) is 0 Å². The van der Waals surface area contributed by atoms with Crippen LogP contribution in [0.4, 0.5) is 5.69 Å². The molecule has 8 heteroatoms. The highest BCUT2D eigenvalue weighted by molar-refractivity contribution is 14.0. The van der Waals surface area contributed by atoms with Gasteiger partial charge in [0.15, 0.2) is 5.96 Å². The molecule has 0 bridgehead atoms. The van der Waals surface area contributed by atoms with E-state index in [0.29, 0.717) is 13.0 Å². The minimum absolute atomic E-state index is 0. The molecule has 1 unspecified atom stereocenters. The number of benzene rings is 1. The Hall–Kier alpha value is -2.10. The van der Waals surface area contributed by atoms with Gasteiger partial charge < -0.3 is 16.0 Å². The van der Waals surface area contributed by atoms with Crippen LogP contribution in [0.25, 0.3) is 0 Å². The van der Waals surface area contributed by atoms with Gasteiger partial charge in [0.1, 0.15) is 0 Å². The fourth-order valence-corrected chi connectivity index (χ4v) is 3.46. The molecule has 1 aromatic carbocycles. The minimum Gasteiger partial charge on any atom is -0.356 e. The van der Waals surface area contributed by atoms with Crippen LogP contribution < -0.4 is 16.0 Å². The Morgan fingerprint density at radius 1 is 1.32 bits per heavy atom. The molecule has 0 spiro atoms. The topological polar surface area (TPSA) is 83.3 Å². The lowest BCUT2D eigenvalue weighted by Gasteiger charge is -2.26. The van der Waals surface area contributed by atoms with E-state index < -0.39 is 0 Å². The molecule has 1 aromatic heterocycles. The maximum absolute atomic E-state index is 11.9. The molecule has 3 N–H and O–H groups in total. The molecule has 1 atom stereocenters. The van der Waals surface area contributed by atoms with Gasteiger partial charge in [-0.2, -0.15) is 5.10 Å². The van der Waals surface area contributed by atoms with Crippen molar-refractivity contribution in [1.82, 2.24) is 20.4 Å². The number of nitrogens with one attached hydrogen (secondary N) is 3. The first kappa shape index (κ1) is 22.2. The van der Waals surface area contributed by atoms with Crippen LogP contribution in [0.1, 0.15) is 35.7 Å². The highest BCUT2D eigenvalue weighted by Crippen LogP contribution is 2.31. The number of para-hydroxylation sites is 1. The van der Waals surface area contributed by atoms with Crippen LogP contribution >= 0.6 is 24.0 Å². The lowest BCUT2D eigenvalue weighted by atomic mass is 9.90. The summed E-state index contributed by atoms with van der Waals surface area (Å²) in [7, 11) is 1.76. The fraction of sp³-hybridized carbons (Fsp3) is 0.450. The number of aromatic nitrogens is 2. The van der Waals surface area contributed by atoms with E-state index in [0.717, 1.165) is 36.9 Å². The summed E-state index contributed by atoms with van der Waals surface area (Å²) < 4.78 is 2.03. The summed E-state index contributed by atoms with van der Waals surface area (Å²) in [6.07, 6.45) is 1.44. The van der Waals surface area contributed by atoms with Crippen molar-refractivity contribution in [3.05, 3.63) is 47.3 Å². The Kier molecular flexibility index (Phi) is 8.28. The molecule has 0 saturated carbocycles.